The number of benzene rings is 3. The normalized spacial score (nSPS) is 11.6. The molecular formula is C25H28N2OS2. The van der Waals surface area contributed by atoms with Crippen molar-refractivity contribution in [1.82, 2.24) is 5.32 Å². The summed E-state index contributed by atoms with van der Waals surface area (Å²) in [6.07, 6.45) is 0. The molecule has 0 aliphatic heterocycles. The molecule has 0 heterocycles. The maximum Gasteiger partial charge on any atom is 0.171 e. The van der Waals surface area contributed by atoms with E-state index in [1.54, 1.807) is 0 Å². The molecule has 0 fully saturated rings. The van der Waals surface area contributed by atoms with Gasteiger partial charge in [0.25, 0.3) is 0 Å². The van der Waals surface area contributed by atoms with E-state index < -0.39 is 0 Å². The van der Waals surface area contributed by atoms with Gasteiger partial charge in [-0.3, -0.25) is 0 Å². The van der Waals surface area contributed by atoms with E-state index in [0.717, 1.165) is 17.2 Å². The van der Waals surface area contributed by atoms with Gasteiger partial charge in [-0.05, 0) is 86.1 Å². The van der Waals surface area contributed by atoms with Crippen LogP contribution in [-0.2, 0) is 5.75 Å². The monoisotopic (exact) mass is 436 g/mol. The first-order chi connectivity index (χ1) is 14.5. The Bertz CT molecular complexity index is 959. The van der Waals surface area contributed by atoms with Crippen LogP contribution in [0.1, 0.15) is 23.6 Å². The van der Waals surface area contributed by atoms with Crippen LogP contribution in [-0.4, -0.2) is 17.8 Å². The van der Waals surface area contributed by atoms with Crippen molar-refractivity contribution < 1.29 is 4.74 Å². The molecule has 0 radical (unpaired) electrons. The van der Waals surface area contributed by atoms with Gasteiger partial charge in [0.15, 0.2) is 5.11 Å². The van der Waals surface area contributed by atoms with Gasteiger partial charge < -0.3 is 15.4 Å². The first kappa shape index (κ1) is 22.2. The molecule has 5 heteroatoms. The molecule has 0 aliphatic carbocycles. The average molecular weight is 437 g/mol. The lowest BCUT2D eigenvalue weighted by atomic mass is 10.1. The lowest BCUT2D eigenvalue weighted by molar-refractivity contribution is 0.287. The Morgan fingerprint density at radius 1 is 0.967 bits per heavy atom. The zero-order valence-electron chi connectivity index (χ0n) is 17.6. The summed E-state index contributed by atoms with van der Waals surface area (Å²) in [6, 6.07) is 25.1. The van der Waals surface area contributed by atoms with Gasteiger partial charge in [0, 0.05) is 16.3 Å². The number of ether oxygens (including phenoxy) is 1. The lowest BCUT2D eigenvalue weighted by Gasteiger charge is -2.18. The van der Waals surface area contributed by atoms with Crippen molar-refractivity contribution in [2.45, 2.75) is 37.5 Å². The van der Waals surface area contributed by atoms with Crippen LogP contribution in [0.15, 0.2) is 77.7 Å². The second kappa shape index (κ2) is 11.0. The molecule has 0 aromatic heterocycles. The minimum absolute atomic E-state index is 0.0909. The summed E-state index contributed by atoms with van der Waals surface area (Å²) < 4.78 is 5.88. The zero-order valence-corrected chi connectivity index (χ0v) is 19.3. The number of hydrogen-bond acceptors (Lipinski definition) is 3. The van der Waals surface area contributed by atoms with Gasteiger partial charge in [0.2, 0.25) is 0 Å². The van der Waals surface area contributed by atoms with E-state index in [4.69, 9.17) is 17.0 Å². The van der Waals surface area contributed by atoms with E-state index >= 15 is 0 Å². The fraction of sp³-hybridized carbons (Fsp3) is 0.240. The SMILES string of the molecule is Cc1ccc(OCC(C)NC(=S)Nc2ccc(CSc3ccccc3)cc2)cc1C. The third kappa shape index (κ3) is 7.08. The van der Waals surface area contributed by atoms with E-state index in [1.807, 2.05) is 23.9 Å². The molecule has 0 bridgehead atoms. The summed E-state index contributed by atoms with van der Waals surface area (Å²) in [5.74, 6) is 1.83. The predicted octanol–water partition coefficient (Wildman–Crippen LogP) is 6.35. The van der Waals surface area contributed by atoms with Crippen LogP contribution < -0.4 is 15.4 Å². The van der Waals surface area contributed by atoms with Gasteiger partial charge in [-0.2, -0.15) is 0 Å². The number of rotatable bonds is 8. The van der Waals surface area contributed by atoms with Crippen LogP contribution >= 0.6 is 24.0 Å². The highest BCUT2D eigenvalue weighted by molar-refractivity contribution is 7.98. The van der Waals surface area contributed by atoms with E-state index in [2.05, 4.69) is 92.1 Å². The quantitative estimate of drug-likeness (QED) is 0.318. The Labute approximate surface area is 189 Å². The highest BCUT2D eigenvalue weighted by Crippen LogP contribution is 2.23. The van der Waals surface area contributed by atoms with Crippen molar-refractivity contribution in [2.24, 2.45) is 0 Å². The molecule has 2 N–H and O–H groups in total. The van der Waals surface area contributed by atoms with Crippen molar-refractivity contribution in [3.8, 4) is 5.75 Å². The molecule has 0 saturated heterocycles. The molecule has 30 heavy (non-hydrogen) atoms. The van der Waals surface area contributed by atoms with Crippen LogP contribution in [0.3, 0.4) is 0 Å². The number of hydrogen-bond donors (Lipinski definition) is 2. The maximum atomic E-state index is 5.88. The smallest absolute Gasteiger partial charge is 0.171 e. The number of thioether (sulfide) groups is 1. The number of nitrogens with one attached hydrogen (secondary N) is 2. The van der Waals surface area contributed by atoms with E-state index in [9.17, 15) is 0 Å². The van der Waals surface area contributed by atoms with Gasteiger partial charge in [-0.1, -0.05) is 36.4 Å². The number of thiocarbonyl (C=S) groups is 1. The van der Waals surface area contributed by atoms with Gasteiger partial charge in [0.1, 0.15) is 12.4 Å². The van der Waals surface area contributed by atoms with E-state index in [1.165, 1.54) is 21.6 Å². The van der Waals surface area contributed by atoms with Crippen LogP contribution in [0.25, 0.3) is 0 Å². The van der Waals surface area contributed by atoms with Crippen LogP contribution in [0.4, 0.5) is 5.69 Å². The largest absolute Gasteiger partial charge is 0.491 e. The molecule has 3 aromatic rings. The number of anilines is 1. The van der Waals surface area contributed by atoms with Gasteiger partial charge in [-0.25, -0.2) is 0 Å². The van der Waals surface area contributed by atoms with Crippen molar-refractivity contribution in [2.75, 3.05) is 11.9 Å². The second-order valence-corrected chi connectivity index (χ2v) is 8.81. The van der Waals surface area contributed by atoms with E-state index in [0.29, 0.717) is 11.7 Å². The molecule has 0 amide bonds. The van der Waals surface area contributed by atoms with Gasteiger partial charge in [0.05, 0.1) is 6.04 Å². The summed E-state index contributed by atoms with van der Waals surface area (Å²) in [7, 11) is 0. The Morgan fingerprint density at radius 2 is 1.70 bits per heavy atom. The Kier molecular flexibility index (Phi) is 8.17. The molecule has 0 spiro atoms. The molecule has 156 valence electrons. The highest BCUT2D eigenvalue weighted by atomic mass is 32.2. The Morgan fingerprint density at radius 3 is 2.40 bits per heavy atom. The van der Waals surface area contributed by atoms with E-state index in [-0.39, 0.29) is 6.04 Å². The van der Waals surface area contributed by atoms with Crippen molar-refractivity contribution in [3.05, 3.63) is 89.5 Å². The molecule has 0 saturated carbocycles. The summed E-state index contributed by atoms with van der Waals surface area (Å²) in [5.41, 5.74) is 4.76. The van der Waals surface area contributed by atoms with Crippen LogP contribution in [0.2, 0.25) is 0 Å². The third-order valence-corrected chi connectivity index (χ3v) is 6.02. The molecular weight excluding hydrogens is 408 g/mol. The minimum Gasteiger partial charge on any atom is -0.491 e. The van der Waals surface area contributed by atoms with Crippen molar-refractivity contribution >= 4 is 34.8 Å². The predicted molar refractivity (Wildman–Crippen MR) is 133 cm³/mol. The summed E-state index contributed by atoms with van der Waals surface area (Å²) >= 11 is 7.28. The number of aryl methyl sites for hydroxylation is 2. The molecule has 3 nitrogen and oxygen atoms in total. The first-order valence-corrected chi connectivity index (χ1v) is 11.4. The van der Waals surface area contributed by atoms with Gasteiger partial charge in [-0.15, -0.1) is 11.8 Å². The summed E-state index contributed by atoms with van der Waals surface area (Å²) in [4.78, 5) is 1.28. The van der Waals surface area contributed by atoms with Crippen LogP contribution in [0, 0.1) is 13.8 Å². The van der Waals surface area contributed by atoms with Crippen molar-refractivity contribution in [1.29, 1.82) is 0 Å². The van der Waals surface area contributed by atoms with Gasteiger partial charge >= 0.3 is 0 Å². The lowest BCUT2D eigenvalue weighted by Crippen LogP contribution is -2.39. The molecule has 1 unspecified atom stereocenters. The minimum atomic E-state index is 0.0909. The molecule has 3 aromatic carbocycles. The highest BCUT2D eigenvalue weighted by Gasteiger charge is 2.07. The third-order valence-electron chi connectivity index (χ3n) is 4.72. The first-order valence-electron chi connectivity index (χ1n) is 10.0. The van der Waals surface area contributed by atoms with Crippen molar-refractivity contribution in [3.63, 3.8) is 0 Å². The average Bonchev–Trinajstić information content (AvgIpc) is 2.75. The maximum absolute atomic E-state index is 5.88. The Hall–Kier alpha value is -2.50. The molecule has 3 rings (SSSR count). The topological polar surface area (TPSA) is 33.3 Å². The zero-order chi connectivity index (χ0) is 21.3. The van der Waals surface area contributed by atoms with Crippen LogP contribution in [0.5, 0.6) is 5.75 Å². The Balaban J connectivity index is 1.41. The standard InChI is InChI=1S/C25H28N2OS2/c1-18-9-14-23(15-19(18)2)28-16-20(3)26-25(29)27-22-12-10-21(11-13-22)17-30-24-7-5-4-6-8-24/h4-15,20H,16-17H2,1-3H3,(H2,26,27,29). The fourth-order valence-corrected chi connectivity index (χ4v) is 4.02. The fourth-order valence-electron chi connectivity index (χ4n) is 2.83. The molecule has 0 aliphatic rings. The summed E-state index contributed by atoms with van der Waals surface area (Å²) in [5, 5.41) is 7.12. The summed E-state index contributed by atoms with van der Waals surface area (Å²) in [6.45, 7) is 6.79. The second-order valence-electron chi connectivity index (χ2n) is 7.36. The molecule has 1 atom stereocenters.